The van der Waals surface area contributed by atoms with E-state index in [0.717, 1.165) is 13.0 Å². The molecular weight excluding hydrogens is 214 g/mol. The van der Waals surface area contributed by atoms with E-state index in [1.54, 1.807) is 0 Å². The maximum Gasteiger partial charge on any atom is 0.239 e. The second-order valence-electron chi connectivity index (χ2n) is 4.77. The molecule has 1 saturated heterocycles. The van der Waals surface area contributed by atoms with Crippen LogP contribution in [0.2, 0.25) is 0 Å². The molecule has 17 heavy (non-hydrogen) atoms. The lowest BCUT2D eigenvalue weighted by Crippen LogP contribution is -2.56. The predicted molar refractivity (Wildman–Crippen MR) is 67.3 cm³/mol. The molecule has 0 aliphatic carbocycles. The van der Waals surface area contributed by atoms with Crippen LogP contribution in [0.25, 0.3) is 0 Å². The second-order valence-corrected chi connectivity index (χ2v) is 4.77. The van der Waals surface area contributed by atoms with Crippen LogP contribution in [-0.2, 0) is 11.3 Å². The normalized spacial score (nSPS) is 25.0. The number of likely N-dealkylation sites (tertiary alicyclic amines) is 1. The number of primary amides is 1. The van der Waals surface area contributed by atoms with E-state index in [0.29, 0.717) is 13.1 Å². The van der Waals surface area contributed by atoms with Crippen molar-refractivity contribution in [1.82, 2.24) is 10.2 Å². The standard InChI is InChI=1S/C13H19N3O/c1-16-8-7-13(10-16,12(14)17)15-9-11-5-3-2-4-6-11/h2-6,15H,7-10H2,1H3,(H2,14,17). The molecule has 0 spiro atoms. The molecular formula is C13H19N3O. The van der Waals surface area contributed by atoms with Crippen molar-refractivity contribution in [2.45, 2.75) is 18.5 Å². The number of nitrogens with zero attached hydrogens (tertiary/aromatic N) is 1. The Morgan fingerprint density at radius 3 is 2.71 bits per heavy atom. The van der Waals surface area contributed by atoms with Gasteiger partial charge < -0.3 is 10.6 Å². The Kier molecular flexibility index (Phi) is 3.45. The van der Waals surface area contributed by atoms with E-state index >= 15 is 0 Å². The largest absolute Gasteiger partial charge is 0.368 e. The van der Waals surface area contributed by atoms with E-state index < -0.39 is 5.54 Å². The van der Waals surface area contributed by atoms with E-state index in [2.05, 4.69) is 10.2 Å². The van der Waals surface area contributed by atoms with Gasteiger partial charge in [-0.2, -0.15) is 0 Å². The van der Waals surface area contributed by atoms with Crippen LogP contribution in [0.1, 0.15) is 12.0 Å². The molecule has 1 unspecified atom stereocenters. The maximum absolute atomic E-state index is 11.6. The van der Waals surface area contributed by atoms with Gasteiger partial charge in [-0.1, -0.05) is 30.3 Å². The van der Waals surface area contributed by atoms with Gasteiger partial charge in [0, 0.05) is 19.6 Å². The minimum atomic E-state index is -0.565. The van der Waals surface area contributed by atoms with Crippen molar-refractivity contribution in [2.75, 3.05) is 20.1 Å². The number of carbonyl (C=O) groups excluding carboxylic acids is 1. The molecule has 1 atom stereocenters. The zero-order chi connectivity index (χ0) is 12.3. The van der Waals surface area contributed by atoms with E-state index in [-0.39, 0.29) is 5.91 Å². The van der Waals surface area contributed by atoms with Crippen molar-refractivity contribution in [3.8, 4) is 0 Å². The van der Waals surface area contributed by atoms with Crippen LogP contribution in [0, 0.1) is 0 Å². The third kappa shape index (κ3) is 2.65. The molecule has 0 radical (unpaired) electrons. The Hall–Kier alpha value is -1.39. The number of likely N-dealkylation sites (N-methyl/N-ethyl adjacent to an activating group) is 1. The highest BCUT2D eigenvalue weighted by Crippen LogP contribution is 2.20. The van der Waals surface area contributed by atoms with Crippen molar-refractivity contribution in [3.63, 3.8) is 0 Å². The molecule has 4 heteroatoms. The second kappa shape index (κ2) is 4.85. The highest BCUT2D eigenvalue weighted by molar-refractivity contribution is 5.85. The lowest BCUT2D eigenvalue weighted by Gasteiger charge is -2.26. The van der Waals surface area contributed by atoms with Crippen LogP contribution in [0.5, 0.6) is 0 Å². The van der Waals surface area contributed by atoms with Gasteiger partial charge in [0.2, 0.25) is 5.91 Å². The first-order valence-electron chi connectivity index (χ1n) is 5.90. The van der Waals surface area contributed by atoms with Crippen LogP contribution < -0.4 is 11.1 Å². The third-order valence-corrected chi connectivity index (χ3v) is 3.41. The SMILES string of the molecule is CN1CCC(NCc2ccccc2)(C(N)=O)C1. The minimum absolute atomic E-state index is 0.252. The highest BCUT2D eigenvalue weighted by atomic mass is 16.1. The first-order chi connectivity index (χ1) is 8.12. The first kappa shape index (κ1) is 12.1. The average molecular weight is 233 g/mol. The summed E-state index contributed by atoms with van der Waals surface area (Å²) in [7, 11) is 2.01. The van der Waals surface area contributed by atoms with E-state index in [9.17, 15) is 4.79 Å². The van der Waals surface area contributed by atoms with Gasteiger partial charge in [0.25, 0.3) is 0 Å². The molecule has 4 nitrogen and oxygen atoms in total. The highest BCUT2D eigenvalue weighted by Gasteiger charge is 2.41. The average Bonchev–Trinajstić information content (AvgIpc) is 2.71. The van der Waals surface area contributed by atoms with E-state index in [1.807, 2.05) is 37.4 Å². The van der Waals surface area contributed by atoms with Crippen LogP contribution in [-0.4, -0.2) is 36.5 Å². The minimum Gasteiger partial charge on any atom is -0.368 e. The molecule has 0 bridgehead atoms. The molecule has 1 aliphatic heterocycles. The lowest BCUT2D eigenvalue weighted by molar-refractivity contribution is -0.124. The summed E-state index contributed by atoms with van der Waals surface area (Å²) in [5, 5.41) is 3.33. The molecule has 1 aromatic rings. The van der Waals surface area contributed by atoms with Crippen molar-refractivity contribution >= 4 is 5.91 Å². The number of carbonyl (C=O) groups is 1. The number of nitrogens with two attached hydrogens (primary N) is 1. The van der Waals surface area contributed by atoms with Crippen molar-refractivity contribution in [3.05, 3.63) is 35.9 Å². The van der Waals surface area contributed by atoms with Gasteiger partial charge in [-0.05, 0) is 19.0 Å². The Morgan fingerprint density at radius 1 is 1.47 bits per heavy atom. The molecule has 1 fully saturated rings. The summed E-state index contributed by atoms with van der Waals surface area (Å²) in [6, 6.07) is 10.1. The van der Waals surface area contributed by atoms with Crippen LogP contribution in [0.15, 0.2) is 30.3 Å². The fourth-order valence-corrected chi connectivity index (χ4v) is 2.30. The number of hydrogen-bond acceptors (Lipinski definition) is 3. The lowest BCUT2D eigenvalue weighted by atomic mass is 9.97. The summed E-state index contributed by atoms with van der Waals surface area (Å²) in [5.74, 6) is -0.252. The van der Waals surface area contributed by atoms with E-state index in [1.165, 1.54) is 5.56 Å². The number of hydrogen-bond donors (Lipinski definition) is 2. The number of nitrogens with one attached hydrogen (secondary N) is 1. The van der Waals surface area contributed by atoms with Crippen LogP contribution >= 0.6 is 0 Å². The van der Waals surface area contributed by atoms with E-state index in [4.69, 9.17) is 5.73 Å². The molecule has 92 valence electrons. The number of amides is 1. The topological polar surface area (TPSA) is 58.4 Å². The quantitative estimate of drug-likeness (QED) is 0.788. The van der Waals surface area contributed by atoms with Crippen LogP contribution in [0.4, 0.5) is 0 Å². The molecule has 3 N–H and O–H groups in total. The summed E-state index contributed by atoms with van der Waals surface area (Å²) in [4.78, 5) is 13.8. The monoisotopic (exact) mass is 233 g/mol. The summed E-state index contributed by atoms with van der Waals surface area (Å²) in [6.45, 7) is 2.28. The van der Waals surface area contributed by atoms with Crippen LogP contribution in [0.3, 0.4) is 0 Å². The van der Waals surface area contributed by atoms with Gasteiger partial charge in [-0.3, -0.25) is 10.1 Å². The first-order valence-corrected chi connectivity index (χ1v) is 5.90. The Labute approximate surface area is 102 Å². The Bertz CT molecular complexity index is 393. The zero-order valence-corrected chi connectivity index (χ0v) is 10.1. The predicted octanol–water partition coefficient (Wildman–Crippen LogP) is 0.336. The third-order valence-electron chi connectivity index (χ3n) is 3.41. The summed E-state index contributed by atoms with van der Waals surface area (Å²) < 4.78 is 0. The van der Waals surface area contributed by atoms with Gasteiger partial charge in [0.15, 0.2) is 0 Å². The Balaban J connectivity index is 2.03. The van der Waals surface area contributed by atoms with Gasteiger partial charge in [-0.25, -0.2) is 0 Å². The van der Waals surface area contributed by atoms with Gasteiger partial charge >= 0.3 is 0 Å². The molecule has 0 saturated carbocycles. The smallest absolute Gasteiger partial charge is 0.239 e. The molecule has 1 amide bonds. The van der Waals surface area contributed by atoms with Gasteiger partial charge in [-0.15, -0.1) is 0 Å². The fraction of sp³-hybridized carbons (Fsp3) is 0.462. The van der Waals surface area contributed by atoms with Crippen molar-refractivity contribution in [1.29, 1.82) is 0 Å². The molecule has 0 aromatic heterocycles. The Morgan fingerprint density at radius 2 is 2.18 bits per heavy atom. The van der Waals surface area contributed by atoms with Gasteiger partial charge in [0.1, 0.15) is 5.54 Å². The number of rotatable bonds is 4. The molecule has 1 heterocycles. The molecule has 2 rings (SSSR count). The van der Waals surface area contributed by atoms with Crippen molar-refractivity contribution < 1.29 is 4.79 Å². The summed E-state index contributed by atoms with van der Waals surface area (Å²) >= 11 is 0. The summed E-state index contributed by atoms with van der Waals surface area (Å²) in [6.07, 6.45) is 0.783. The fourth-order valence-electron chi connectivity index (χ4n) is 2.30. The van der Waals surface area contributed by atoms with Gasteiger partial charge in [0.05, 0.1) is 0 Å². The number of benzene rings is 1. The zero-order valence-electron chi connectivity index (χ0n) is 10.1. The van der Waals surface area contributed by atoms with Crippen molar-refractivity contribution in [2.24, 2.45) is 5.73 Å². The molecule has 1 aliphatic rings. The summed E-state index contributed by atoms with van der Waals surface area (Å²) in [5.41, 5.74) is 6.14. The maximum atomic E-state index is 11.6. The molecule has 1 aromatic carbocycles.